The van der Waals surface area contributed by atoms with Gasteiger partial charge in [0.2, 0.25) is 0 Å². The minimum atomic E-state index is 0.567. The van der Waals surface area contributed by atoms with Crippen molar-refractivity contribution in [1.82, 2.24) is 9.94 Å². The van der Waals surface area contributed by atoms with Crippen LogP contribution in [0.3, 0.4) is 0 Å². The van der Waals surface area contributed by atoms with Gasteiger partial charge in [0.15, 0.2) is 5.76 Å². The molecule has 0 amide bonds. The van der Waals surface area contributed by atoms with E-state index in [4.69, 9.17) is 4.42 Å². The minimum Gasteiger partial charge on any atom is -0.463 e. The molecule has 0 atom stereocenters. The number of aryl methyl sites for hydroxylation is 1. The van der Waals surface area contributed by atoms with Crippen molar-refractivity contribution >= 4 is 0 Å². The van der Waals surface area contributed by atoms with Gasteiger partial charge in [0, 0.05) is 0 Å². The Morgan fingerprint density at radius 1 is 1.58 bits per heavy atom. The average Bonchev–Trinajstić information content (AvgIpc) is 2.58. The van der Waals surface area contributed by atoms with Gasteiger partial charge in [0.05, 0.1) is 12.0 Å². The first kappa shape index (κ1) is 6.97. The van der Waals surface area contributed by atoms with Crippen molar-refractivity contribution in [3.05, 3.63) is 30.2 Å². The molecule has 4 nitrogen and oxygen atoms in total. The molecule has 0 saturated carbocycles. The van der Waals surface area contributed by atoms with E-state index in [1.807, 2.05) is 0 Å². The number of hydrogen-bond acceptors (Lipinski definition) is 3. The van der Waals surface area contributed by atoms with E-state index in [-0.39, 0.29) is 0 Å². The molecule has 2 aromatic rings. The molecule has 0 radical (unpaired) electrons. The smallest absolute Gasteiger partial charge is 0.155 e. The monoisotopic (exact) mass is 164 g/mol. The molecule has 2 rings (SSSR count). The van der Waals surface area contributed by atoms with Crippen LogP contribution in [0.2, 0.25) is 0 Å². The molecule has 0 aliphatic carbocycles. The SMILES string of the molecule is Cc1cc(-c2ccco2)n(O)n1. The van der Waals surface area contributed by atoms with Crippen LogP contribution in [0.15, 0.2) is 28.9 Å². The van der Waals surface area contributed by atoms with Crippen LogP contribution in [0.5, 0.6) is 0 Å². The maximum absolute atomic E-state index is 9.25. The van der Waals surface area contributed by atoms with Gasteiger partial charge in [-0.05, 0) is 25.1 Å². The fourth-order valence-corrected chi connectivity index (χ4v) is 1.08. The van der Waals surface area contributed by atoms with E-state index in [9.17, 15) is 5.21 Å². The third-order valence-corrected chi connectivity index (χ3v) is 1.59. The molecule has 0 bridgehead atoms. The maximum atomic E-state index is 9.25. The summed E-state index contributed by atoms with van der Waals surface area (Å²) >= 11 is 0. The Balaban J connectivity index is 2.54. The largest absolute Gasteiger partial charge is 0.463 e. The fourth-order valence-electron chi connectivity index (χ4n) is 1.08. The highest BCUT2D eigenvalue weighted by atomic mass is 16.5. The molecule has 0 aliphatic heterocycles. The summed E-state index contributed by atoms with van der Waals surface area (Å²) in [5.74, 6) is 0.609. The Hall–Kier alpha value is -1.71. The lowest BCUT2D eigenvalue weighted by Crippen LogP contribution is -1.94. The minimum absolute atomic E-state index is 0.567. The molecule has 0 unspecified atom stereocenters. The molecule has 0 aromatic carbocycles. The van der Waals surface area contributed by atoms with Crippen LogP contribution in [0.25, 0.3) is 11.5 Å². The highest BCUT2D eigenvalue weighted by molar-refractivity contribution is 5.52. The quantitative estimate of drug-likeness (QED) is 0.652. The van der Waals surface area contributed by atoms with Crippen molar-refractivity contribution < 1.29 is 9.62 Å². The molecule has 4 heteroatoms. The first-order valence-corrected chi connectivity index (χ1v) is 3.57. The summed E-state index contributed by atoms with van der Waals surface area (Å²) < 4.78 is 5.09. The van der Waals surface area contributed by atoms with Gasteiger partial charge in [-0.2, -0.15) is 0 Å². The lowest BCUT2D eigenvalue weighted by Gasteiger charge is -1.92. The molecule has 2 heterocycles. The van der Waals surface area contributed by atoms with E-state index in [1.54, 1.807) is 31.4 Å². The van der Waals surface area contributed by atoms with Crippen LogP contribution in [-0.2, 0) is 0 Å². The molecule has 1 N–H and O–H groups in total. The average molecular weight is 164 g/mol. The van der Waals surface area contributed by atoms with Gasteiger partial charge < -0.3 is 9.62 Å². The van der Waals surface area contributed by atoms with Crippen molar-refractivity contribution in [2.75, 3.05) is 0 Å². The summed E-state index contributed by atoms with van der Waals surface area (Å²) in [6.45, 7) is 1.80. The molecule has 0 fully saturated rings. The predicted molar refractivity (Wildman–Crippen MR) is 41.9 cm³/mol. The van der Waals surface area contributed by atoms with E-state index in [0.717, 1.165) is 10.5 Å². The normalized spacial score (nSPS) is 10.4. The predicted octanol–water partition coefficient (Wildman–Crippen LogP) is 1.69. The van der Waals surface area contributed by atoms with Gasteiger partial charge >= 0.3 is 0 Å². The zero-order chi connectivity index (χ0) is 8.55. The Morgan fingerprint density at radius 2 is 2.42 bits per heavy atom. The van der Waals surface area contributed by atoms with E-state index < -0.39 is 0 Å². The summed E-state index contributed by atoms with van der Waals surface area (Å²) in [5, 5.41) is 13.0. The van der Waals surface area contributed by atoms with Crippen molar-refractivity contribution in [3.8, 4) is 11.5 Å². The van der Waals surface area contributed by atoms with Crippen molar-refractivity contribution in [2.24, 2.45) is 0 Å². The van der Waals surface area contributed by atoms with Crippen LogP contribution in [0.1, 0.15) is 5.69 Å². The van der Waals surface area contributed by atoms with Crippen molar-refractivity contribution in [2.45, 2.75) is 6.92 Å². The number of rotatable bonds is 1. The molecular weight excluding hydrogens is 156 g/mol. The van der Waals surface area contributed by atoms with Gasteiger partial charge in [-0.15, -0.1) is 5.10 Å². The Kier molecular flexibility index (Phi) is 1.40. The molecule has 0 spiro atoms. The summed E-state index contributed by atoms with van der Waals surface area (Å²) in [6, 6.07) is 5.28. The Bertz CT molecular complexity index is 376. The summed E-state index contributed by atoms with van der Waals surface area (Å²) in [4.78, 5) is 0.814. The van der Waals surface area contributed by atoms with Crippen molar-refractivity contribution in [1.29, 1.82) is 0 Å². The second kappa shape index (κ2) is 2.41. The maximum Gasteiger partial charge on any atom is 0.155 e. The first-order chi connectivity index (χ1) is 5.77. The fraction of sp³-hybridized carbons (Fsp3) is 0.125. The number of nitrogens with zero attached hydrogens (tertiary/aromatic N) is 2. The van der Waals surface area contributed by atoms with Crippen molar-refractivity contribution in [3.63, 3.8) is 0 Å². The lowest BCUT2D eigenvalue weighted by molar-refractivity contribution is 0.151. The van der Waals surface area contributed by atoms with Crippen LogP contribution in [0.4, 0.5) is 0 Å². The van der Waals surface area contributed by atoms with E-state index in [1.165, 1.54) is 0 Å². The number of hydrogen-bond donors (Lipinski definition) is 1. The van der Waals surface area contributed by atoms with Gasteiger partial charge in [0.25, 0.3) is 0 Å². The second-order valence-electron chi connectivity index (χ2n) is 2.54. The molecule has 62 valence electrons. The topological polar surface area (TPSA) is 51.2 Å². The van der Waals surface area contributed by atoms with E-state index in [0.29, 0.717) is 11.5 Å². The van der Waals surface area contributed by atoms with Crippen LogP contribution in [0, 0.1) is 6.92 Å². The highest BCUT2D eigenvalue weighted by Crippen LogP contribution is 2.19. The highest BCUT2D eigenvalue weighted by Gasteiger charge is 2.08. The van der Waals surface area contributed by atoms with Crippen LogP contribution < -0.4 is 0 Å². The lowest BCUT2D eigenvalue weighted by atomic mass is 10.3. The zero-order valence-electron chi connectivity index (χ0n) is 6.56. The Morgan fingerprint density at radius 3 is 2.92 bits per heavy atom. The van der Waals surface area contributed by atoms with E-state index >= 15 is 0 Å². The third-order valence-electron chi connectivity index (χ3n) is 1.59. The third kappa shape index (κ3) is 0.972. The number of aromatic nitrogens is 2. The standard InChI is InChI=1S/C8H8N2O2/c1-6-5-7(10(11)9-6)8-3-2-4-12-8/h2-5,11H,1H3. The van der Waals surface area contributed by atoms with Crippen LogP contribution in [-0.4, -0.2) is 15.2 Å². The molecular formula is C8H8N2O2. The number of furan rings is 1. The first-order valence-electron chi connectivity index (χ1n) is 3.57. The molecule has 0 aliphatic rings. The Labute approximate surface area is 69.0 Å². The molecule has 0 saturated heterocycles. The van der Waals surface area contributed by atoms with Gasteiger partial charge in [-0.3, -0.25) is 0 Å². The van der Waals surface area contributed by atoms with Gasteiger partial charge in [0.1, 0.15) is 5.69 Å². The van der Waals surface area contributed by atoms with Gasteiger partial charge in [-0.1, -0.05) is 4.85 Å². The second-order valence-corrected chi connectivity index (χ2v) is 2.54. The summed E-state index contributed by atoms with van der Waals surface area (Å²) in [6.07, 6.45) is 1.55. The van der Waals surface area contributed by atoms with Crippen LogP contribution >= 0.6 is 0 Å². The van der Waals surface area contributed by atoms with Gasteiger partial charge in [-0.25, -0.2) is 0 Å². The summed E-state index contributed by atoms with van der Waals surface area (Å²) in [5.41, 5.74) is 1.32. The summed E-state index contributed by atoms with van der Waals surface area (Å²) in [7, 11) is 0. The molecule has 2 aromatic heterocycles. The molecule has 12 heavy (non-hydrogen) atoms. The zero-order valence-corrected chi connectivity index (χ0v) is 6.56. The van der Waals surface area contributed by atoms with E-state index in [2.05, 4.69) is 5.10 Å².